The molecule has 3 aliphatic rings. The van der Waals surface area contributed by atoms with Crippen molar-refractivity contribution in [1.29, 1.82) is 0 Å². The summed E-state index contributed by atoms with van der Waals surface area (Å²) in [4.78, 5) is 5.14. The first-order valence-electron chi connectivity index (χ1n) is 6.10. The lowest BCUT2D eigenvalue weighted by Gasteiger charge is -2.52. The summed E-state index contributed by atoms with van der Waals surface area (Å²) < 4.78 is 5.55. The molecule has 0 saturated carbocycles. The summed E-state index contributed by atoms with van der Waals surface area (Å²) in [6, 6.07) is 2.05. The van der Waals surface area contributed by atoms with Crippen LogP contribution in [-0.4, -0.2) is 74.4 Å². The second kappa shape index (κ2) is 4.01. The van der Waals surface area contributed by atoms with Gasteiger partial charge in [-0.05, 0) is 20.0 Å². The predicted molar refractivity (Wildman–Crippen MR) is 59.0 cm³/mol. The molecule has 0 aromatic carbocycles. The molecule has 3 saturated heterocycles. The van der Waals surface area contributed by atoms with Crippen LogP contribution in [0, 0.1) is 0 Å². The fraction of sp³-hybridized carbons (Fsp3) is 1.00. The maximum atomic E-state index is 5.55. The summed E-state index contributed by atoms with van der Waals surface area (Å²) in [5, 5.41) is 3.69. The van der Waals surface area contributed by atoms with Crippen LogP contribution in [0.3, 0.4) is 0 Å². The lowest BCUT2D eigenvalue weighted by atomic mass is 9.93. The fourth-order valence-electron chi connectivity index (χ4n) is 3.23. The Hall–Kier alpha value is -0.160. The summed E-state index contributed by atoms with van der Waals surface area (Å²) in [5.74, 6) is 0. The maximum absolute atomic E-state index is 5.55. The molecular weight excluding hydrogens is 190 g/mol. The Morgan fingerprint density at radius 2 is 2.27 bits per heavy atom. The zero-order valence-corrected chi connectivity index (χ0v) is 9.48. The van der Waals surface area contributed by atoms with E-state index in [4.69, 9.17) is 4.74 Å². The predicted octanol–water partition coefficient (Wildman–Crippen LogP) is -0.637. The van der Waals surface area contributed by atoms with Gasteiger partial charge in [-0.2, -0.15) is 0 Å². The zero-order valence-electron chi connectivity index (χ0n) is 9.48. The normalized spacial score (nSPS) is 43.4. The van der Waals surface area contributed by atoms with E-state index < -0.39 is 0 Å². The molecule has 3 rings (SSSR count). The minimum Gasteiger partial charge on any atom is -0.378 e. The van der Waals surface area contributed by atoms with E-state index in [1.54, 1.807) is 0 Å². The monoisotopic (exact) mass is 211 g/mol. The van der Waals surface area contributed by atoms with E-state index in [1.165, 1.54) is 19.5 Å². The number of ether oxygens (including phenoxy) is 1. The van der Waals surface area contributed by atoms with Crippen LogP contribution in [0.5, 0.6) is 0 Å². The van der Waals surface area contributed by atoms with E-state index in [0.29, 0.717) is 12.1 Å². The first kappa shape index (κ1) is 10.0. The first-order chi connectivity index (χ1) is 7.34. The van der Waals surface area contributed by atoms with Gasteiger partial charge in [0.25, 0.3) is 0 Å². The van der Waals surface area contributed by atoms with Crippen LogP contribution in [0.2, 0.25) is 0 Å². The van der Waals surface area contributed by atoms with E-state index in [9.17, 15) is 0 Å². The number of piperazine rings is 1. The number of fused-ring (bicyclic) bond motifs is 3. The molecule has 4 heteroatoms. The summed E-state index contributed by atoms with van der Waals surface area (Å²) in [6.07, 6.45) is 1.30. The van der Waals surface area contributed by atoms with E-state index in [2.05, 4.69) is 22.2 Å². The molecule has 3 heterocycles. The third-order valence-corrected chi connectivity index (χ3v) is 4.10. The summed E-state index contributed by atoms with van der Waals surface area (Å²) in [6.45, 7) is 6.53. The van der Waals surface area contributed by atoms with Crippen LogP contribution in [0.1, 0.15) is 6.42 Å². The molecule has 0 radical (unpaired) electrons. The molecule has 0 spiro atoms. The van der Waals surface area contributed by atoms with Gasteiger partial charge in [0.05, 0.1) is 13.2 Å². The Morgan fingerprint density at radius 3 is 3.20 bits per heavy atom. The van der Waals surface area contributed by atoms with Gasteiger partial charge in [-0.15, -0.1) is 0 Å². The Bertz CT molecular complexity index is 236. The van der Waals surface area contributed by atoms with E-state index in [0.717, 1.165) is 32.3 Å². The van der Waals surface area contributed by atoms with Crippen molar-refractivity contribution in [1.82, 2.24) is 15.1 Å². The molecule has 0 aliphatic carbocycles. The molecule has 3 atom stereocenters. The van der Waals surface area contributed by atoms with E-state index in [1.807, 2.05) is 0 Å². The molecule has 0 aromatic heterocycles. The van der Waals surface area contributed by atoms with Gasteiger partial charge < -0.3 is 15.0 Å². The van der Waals surface area contributed by atoms with Gasteiger partial charge in [-0.1, -0.05) is 0 Å². The van der Waals surface area contributed by atoms with Crippen molar-refractivity contribution in [2.45, 2.75) is 24.5 Å². The van der Waals surface area contributed by atoms with Crippen molar-refractivity contribution in [3.05, 3.63) is 0 Å². The maximum Gasteiger partial charge on any atom is 0.0635 e. The Balaban J connectivity index is 1.74. The molecule has 0 amide bonds. The second-order valence-electron chi connectivity index (χ2n) is 5.10. The summed E-state index contributed by atoms with van der Waals surface area (Å²) >= 11 is 0. The number of likely N-dealkylation sites (tertiary alicyclic amines) is 1. The van der Waals surface area contributed by atoms with Crippen molar-refractivity contribution >= 4 is 0 Å². The highest BCUT2D eigenvalue weighted by molar-refractivity contribution is 4.99. The van der Waals surface area contributed by atoms with Gasteiger partial charge in [0.15, 0.2) is 0 Å². The topological polar surface area (TPSA) is 27.7 Å². The third kappa shape index (κ3) is 1.80. The summed E-state index contributed by atoms with van der Waals surface area (Å²) in [7, 11) is 2.24. The Labute approximate surface area is 91.6 Å². The minimum atomic E-state index is 0.617. The molecule has 0 bridgehead atoms. The van der Waals surface area contributed by atoms with Crippen LogP contribution in [0.15, 0.2) is 0 Å². The lowest BCUT2D eigenvalue weighted by Crippen LogP contribution is -2.70. The molecule has 4 nitrogen and oxygen atoms in total. The standard InChI is InChI=1S/C11H21N3O/c1-13-3-2-10-11(7-13)14-4-5-15-8-9(14)6-12-10/h9-12H,2-8H2,1H3. The number of nitrogens with zero attached hydrogens (tertiary/aromatic N) is 2. The minimum absolute atomic E-state index is 0.617. The molecule has 3 aliphatic heterocycles. The zero-order chi connectivity index (χ0) is 10.3. The molecule has 1 N–H and O–H groups in total. The molecule has 86 valence electrons. The highest BCUT2D eigenvalue weighted by atomic mass is 16.5. The van der Waals surface area contributed by atoms with Gasteiger partial charge in [0.1, 0.15) is 0 Å². The van der Waals surface area contributed by atoms with Crippen molar-refractivity contribution in [3.8, 4) is 0 Å². The quantitative estimate of drug-likeness (QED) is 0.577. The number of likely N-dealkylation sites (N-methyl/N-ethyl adjacent to an activating group) is 1. The molecule has 3 fully saturated rings. The van der Waals surface area contributed by atoms with E-state index >= 15 is 0 Å². The smallest absolute Gasteiger partial charge is 0.0635 e. The second-order valence-corrected chi connectivity index (χ2v) is 5.10. The van der Waals surface area contributed by atoms with Gasteiger partial charge in [0.2, 0.25) is 0 Å². The molecule has 15 heavy (non-hydrogen) atoms. The van der Waals surface area contributed by atoms with Gasteiger partial charge in [0, 0.05) is 37.8 Å². The Kier molecular flexibility index (Phi) is 2.68. The third-order valence-electron chi connectivity index (χ3n) is 4.10. The van der Waals surface area contributed by atoms with Crippen molar-refractivity contribution < 1.29 is 4.74 Å². The van der Waals surface area contributed by atoms with Crippen LogP contribution in [0.25, 0.3) is 0 Å². The number of rotatable bonds is 0. The number of morpholine rings is 1. The average Bonchev–Trinajstić information content (AvgIpc) is 2.29. The lowest BCUT2D eigenvalue weighted by molar-refractivity contribution is -0.0703. The first-order valence-corrected chi connectivity index (χ1v) is 6.10. The fourth-order valence-corrected chi connectivity index (χ4v) is 3.23. The highest BCUT2D eigenvalue weighted by Crippen LogP contribution is 2.23. The van der Waals surface area contributed by atoms with Crippen molar-refractivity contribution in [2.24, 2.45) is 0 Å². The summed E-state index contributed by atoms with van der Waals surface area (Å²) in [5.41, 5.74) is 0. The van der Waals surface area contributed by atoms with Crippen LogP contribution in [0.4, 0.5) is 0 Å². The number of piperidine rings is 1. The SMILES string of the molecule is CN1CCC2NCC3COCCN3C2C1. The molecular formula is C11H21N3O. The molecule has 3 unspecified atom stereocenters. The number of nitrogens with one attached hydrogen (secondary N) is 1. The molecule has 0 aromatic rings. The van der Waals surface area contributed by atoms with Crippen molar-refractivity contribution in [3.63, 3.8) is 0 Å². The average molecular weight is 211 g/mol. The van der Waals surface area contributed by atoms with Crippen LogP contribution >= 0.6 is 0 Å². The van der Waals surface area contributed by atoms with E-state index in [-0.39, 0.29) is 0 Å². The van der Waals surface area contributed by atoms with Gasteiger partial charge in [-0.25, -0.2) is 0 Å². The van der Waals surface area contributed by atoms with Crippen molar-refractivity contribution in [2.75, 3.05) is 46.4 Å². The number of hydrogen-bond donors (Lipinski definition) is 1. The largest absolute Gasteiger partial charge is 0.378 e. The van der Waals surface area contributed by atoms with Crippen LogP contribution < -0.4 is 5.32 Å². The van der Waals surface area contributed by atoms with Gasteiger partial charge >= 0.3 is 0 Å². The number of hydrogen-bond acceptors (Lipinski definition) is 4. The Morgan fingerprint density at radius 1 is 1.33 bits per heavy atom. The van der Waals surface area contributed by atoms with Gasteiger partial charge in [-0.3, -0.25) is 4.90 Å². The highest BCUT2D eigenvalue weighted by Gasteiger charge is 2.40. The van der Waals surface area contributed by atoms with Crippen LogP contribution in [-0.2, 0) is 4.74 Å².